The summed E-state index contributed by atoms with van der Waals surface area (Å²) >= 11 is 5.63. The van der Waals surface area contributed by atoms with Gasteiger partial charge in [-0.2, -0.15) is 8.78 Å². The minimum atomic E-state index is -2.99. The number of ether oxygens (including phenoxy) is 1. The molecule has 0 fully saturated rings. The Labute approximate surface area is 88.4 Å². The highest BCUT2D eigenvalue weighted by Crippen LogP contribution is 2.21. The van der Waals surface area contributed by atoms with Crippen LogP contribution in [0.1, 0.15) is 5.56 Å². The molecule has 1 aromatic heterocycles. The molecule has 1 rings (SSSR count). The maximum atomic E-state index is 11.8. The van der Waals surface area contributed by atoms with E-state index in [1.165, 1.54) is 0 Å². The number of halogens is 3. The normalized spacial score (nSPS) is 10.4. The summed E-state index contributed by atoms with van der Waals surface area (Å²) in [6, 6.07) is 1.05. The molecule has 0 saturated heterocycles. The lowest BCUT2D eigenvalue weighted by molar-refractivity contribution is -0.136. The number of rotatable bonds is 4. The molecule has 0 saturated carbocycles. The highest BCUT2D eigenvalue weighted by molar-refractivity contribution is 6.31. The summed E-state index contributed by atoms with van der Waals surface area (Å²) in [5, 5.41) is 8.50. The van der Waals surface area contributed by atoms with Gasteiger partial charge in [0.2, 0.25) is 5.88 Å². The van der Waals surface area contributed by atoms with Crippen LogP contribution in [0, 0.1) is 0 Å². The summed E-state index contributed by atoms with van der Waals surface area (Å²) in [4.78, 5) is 13.8. The third-order valence-electron chi connectivity index (χ3n) is 1.46. The third-order valence-corrected chi connectivity index (χ3v) is 1.81. The van der Waals surface area contributed by atoms with E-state index in [9.17, 15) is 13.6 Å². The number of nitrogens with zero attached hydrogens (tertiary/aromatic N) is 1. The van der Waals surface area contributed by atoms with Crippen molar-refractivity contribution >= 4 is 17.6 Å². The fourth-order valence-corrected chi connectivity index (χ4v) is 1.10. The molecular formula is C8H6ClF2NO3. The number of hydrogen-bond donors (Lipinski definition) is 1. The zero-order valence-electron chi connectivity index (χ0n) is 7.28. The Morgan fingerprint density at radius 3 is 2.80 bits per heavy atom. The molecule has 0 bridgehead atoms. The summed E-state index contributed by atoms with van der Waals surface area (Å²) in [7, 11) is 0. The molecule has 0 radical (unpaired) electrons. The van der Waals surface area contributed by atoms with Crippen molar-refractivity contribution in [2.75, 3.05) is 0 Å². The quantitative estimate of drug-likeness (QED) is 0.870. The molecule has 0 aromatic carbocycles. The first kappa shape index (κ1) is 11.6. The van der Waals surface area contributed by atoms with Gasteiger partial charge in [-0.15, -0.1) is 0 Å². The van der Waals surface area contributed by atoms with Crippen molar-refractivity contribution < 1.29 is 23.4 Å². The number of alkyl halides is 2. The molecule has 1 N–H and O–H groups in total. The standard InChI is InChI=1S/C8H6ClF2NO3/c9-5-2-6(15-8(10)11)12-3-4(5)1-7(13)14/h2-3,8H,1H2,(H,13,14). The molecule has 0 aliphatic carbocycles. The number of pyridine rings is 1. The van der Waals surface area contributed by atoms with Crippen LogP contribution in [0.15, 0.2) is 12.3 Å². The number of aliphatic carboxylic acids is 1. The van der Waals surface area contributed by atoms with Gasteiger partial charge in [0.1, 0.15) is 0 Å². The van der Waals surface area contributed by atoms with E-state index in [1.807, 2.05) is 0 Å². The van der Waals surface area contributed by atoms with Gasteiger partial charge in [-0.25, -0.2) is 4.98 Å². The second-order valence-corrected chi connectivity index (χ2v) is 2.97. The monoisotopic (exact) mass is 237 g/mol. The summed E-state index contributed by atoms with van der Waals surface area (Å²) in [5.41, 5.74) is 0.241. The smallest absolute Gasteiger partial charge is 0.388 e. The van der Waals surface area contributed by atoms with Crippen LogP contribution in [-0.2, 0) is 11.2 Å². The molecule has 0 amide bonds. The van der Waals surface area contributed by atoms with Crippen LogP contribution in [0.5, 0.6) is 5.88 Å². The van der Waals surface area contributed by atoms with Crippen molar-refractivity contribution in [3.8, 4) is 5.88 Å². The number of carbonyl (C=O) groups is 1. The average molecular weight is 238 g/mol. The molecule has 15 heavy (non-hydrogen) atoms. The SMILES string of the molecule is O=C(O)Cc1cnc(OC(F)F)cc1Cl. The van der Waals surface area contributed by atoms with E-state index >= 15 is 0 Å². The van der Waals surface area contributed by atoms with Gasteiger partial charge >= 0.3 is 12.6 Å². The van der Waals surface area contributed by atoms with Crippen molar-refractivity contribution in [3.63, 3.8) is 0 Å². The van der Waals surface area contributed by atoms with E-state index in [2.05, 4.69) is 9.72 Å². The van der Waals surface area contributed by atoms with Crippen molar-refractivity contribution in [3.05, 3.63) is 22.8 Å². The zero-order chi connectivity index (χ0) is 11.4. The van der Waals surface area contributed by atoms with Gasteiger partial charge in [0, 0.05) is 17.8 Å². The molecule has 0 unspecified atom stereocenters. The molecule has 1 heterocycles. The first-order valence-electron chi connectivity index (χ1n) is 3.80. The van der Waals surface area contributed by atoms with E-state index in [1.54, 1.807) is 0 Å². The van der Waals surface area contributed by atoms with Crippen molar-refractivity contribution in [1.29, 1.82) is 0 Å². The molecule has 0 spiro atoms. The maximum absolute atomic E-state index is 11.8. The molecule has 1 aromatic rings. The minimum absolute atomic E-state index is 0.0306. The van der Waals surface area contributed by atoms with Crippen LogP contribution in [-0.4, -0.2) is 22.7 Å². The van der Waals surface area contributed by atoms with Crippen LogP contribution in [0.2, 0.25) is 5.02 Å². The highest BCUT2D eigenvalue weighted by atomic mass is 35.5. The van der Waals surface area contributed by atoms with Crippen molar-refractivity contribution in [2.45, 2.75) is 13.0 Å². The molecule has 0 atom stereocenters. The Morgan fingerprint density at radius 1 is 1.67 bits per heavy atom. The van der Waals surface area contributed by atoms with Gasteiger partial charge in [0.25, 0.3) is 0 Å². The Morgan fingerprint density at radius 2 is 2.33 bits per heavy atom. The summed E-state index contributed by atoms with van der Waals surface area (Å²) < 4.78 is 27.5. The Bertz CT molecular complexity index is 373. The summed E-state index contributed by atoms with van der Waals surface area (Å²) in [6.07, 6.45) is 0.773. The van der Waals surface area contributed by atoms with Crippen LogP contribution < -0.4 is 4.74 Å². The van der Waals surface area contributed by atoms with E-state index in [0.29, 0.717) is 0 Å². The molecule has 7 heteroatoms. The highest BCUT2D eigenvalue weighted by Gasteiger charge is 2.10. The fourth-order valence-electron chi connectivity index (χ4n) is 0.890. The largest absolute Gasteiger partial charge is 0.481 e. The van der Waals surface area contributed by atoms with Crippen LogP contribution in [0.4, 0.5) is 8.78 Å². The van der Waals surface area contributed by atoms with Gasteiger partial charge < -0.3 is 9.84 Å². The Hall–Kier alpha value is -1.43. The second-order valence-electron chi connectivity index (χ2n) is 2.56. The first-order valence-corrected chi connectivity index (χ1v) is 4.18. The third kappa shape index (κ3) is 3.67. The number of carboxylic acid groups (broad SMARTS) is 1. The number of hydrogen-bond acceptors (Lipinski definition) is 3. The minimum Gasteiger partial charge on any atom is -0.481 e. The number of carboxylic acids is 1. The first-order chi connectivity index (χ1) is 6.99. The van der Waals surface area contributed by atoms with Crippen LogP contribution in [0.25, 0.3) is 0 Å². The predicted octanol–water partition coefficient (Wildman–Crippen LogP) is 1.96. The van der Waals surface area contributed by atoms with Gasteiger partial charge in [-0.05, 0) is 0 Å². The lowest BCUT2D eigenvalue weighted by Gasteiger charge is -2.05. The van der Waals surface area contributed by atoms with E-state index in [-0.39, 0.29) is 22.9 Å². The van der Waals surface area contributed by atoms with Gasteiger partial charge in [-0.3, -0.25) is 4.79 Å². The molecule has 0 aliphatic rings. The van der Waals surface area contributed by atoms with E-state index in [4.69, 9.17) is 16.7 Å². The van der Waals surface area contributed by atoms with Gasteiger partial charge in [0.15, 0.2) is 0 Å². The van der Waals surface area contributed by atoms with Crippen molar-refractivity contribution in [1.82, 2.24) is 4.98 Å². The summed E-state index contributed by atoms with van der Waals surface area (Å²) in [5.74, 6) is -1.43. The molecule has 4 nitrogen and oxygen atoms in total. The molecular weight excluding hydrogens is 232 g/mol. The maximum Gasteiger partial charge on any atom is 0.388 e. The second kappa shape index (κ2) is 4.88. The summed E-state index contributed by atoms with van der Waals surface area (Å²) in [6.45, 7) is -2.99. The average Bonchev–Trinajstić information content (AvgIpc) is 2.08. The van der Waals surface area contributed by atoms with Crippen LogP contribution in [0.3, 0.4) is 0 Å². The van der Waals surface area contributed by atoms with E-state index < -0.39 is 12.6 Å². The van der Waals surface area contributed by atoms with Crippen molar-refractivity contribution in [2.24, 2.45) is 0 Å². The molecule has 82 valence electrons. The fraction of sp³-hybridized carbons (Fsp3) is 0.250. The van der Waals surface area contributed by atoms with E-state index in [0.717, 1.165) is 12.3 Å². The van der Waals surface area contributed by atoms with Gasteiger partial charge in [0.05, 0.1) is 11.4 Å². The lowest BCUT2D eigenvalue weighted by Crippen LogP contribution is -2.05. The predicted molar refractivity (Wildman–Crippen MR) is 47.2 cm³/mol. The Balaban J connectivity index is 2.83. The van der Waals surface area contributed by atoms with Crippen LogP contribution >= 0.6 is 11.6 Å². The molecule has 0 aliphatic heterocycles. The zero-order valence-corrected chi connectivity index (χ0v) is 8.04. The lowest BCUT2D eigenvalue weighted by atomic mass is 10.2. The van der Waals surface area contributed by atoms with Gasteiger partial charge in [-0.1, -0.05) is 11.6 Å². The number of aromatic nitrogens is 1. The Kier molecular flexibility index (Phi) is 3.79. The topological polar surface area (TPSA) is 59.4 Å².